The molecule has 6 rings (SSSR count). The van der Waals surface area contributed by atoms with Crippen molar-refractivity contribution in [2.45, 2.75) is 45.2 Å². The molecule has 1 amide bonds. The summed E-state index contributed by atoms with van der Waals surface area (Å²) >= 11 is 0. The van der Waals surface area contributed by atoms with Crippen LogP contribution in [0.2, 0.25) is 0 Å². The number of amides is 1. The van der Waals surface area contributed by atoms with Gasteiger partial charge in [-0.15, -0.1) is 0 Å². The molecule has 3 aromatic rings. The number of hydrogen-bond donors (Lipinski definition) is 0. The number of nitrogens with zero attached hydrogens (tertiary/aromatic N) is 8. The van der Waals surface area contributed by atoms with E-state index >= 15 is 0 Å². The van der Waals surface area contributed by atoms with Crippen molar-refractivity contribution in [2.75, 3.05) is 74.6 Å². The van der Waals surface area contributed by atoms with Gasteiger partial charge >= 0.3 is 0 Å². The molecule has 0 spiro atoms. The molecule has 3 aliphatic heterocycles. The molecular weight excluding hydrogens is 531 g/mol. The Labute approximate surface area is 248 Å². The first-order chi connectivity index (χ1) is 20.3. The van der Waals surface area contributed by atoms with E-state index in [1.54, 1.807) is 18.3 Å². The van der Waals surface area contributed by atoms with Crippen LogP contribution in [0.15, 0.2) is 42.6 Å². The fourth-order valence-electron chi connectivity index (χ4n) is 6.47. The van der Waals surface area contributed by atoms with Gasteiger partial charge in [0.25, 0.3) is 5.91 Å². The second-order valence-corrected chi connectivity index (χ2v) is 12.1. The van der Waals surface area contributed by atoms with Crippen molar-refractivity contribution in [3.05, 3.63) is 59.5 Å². The van der Waals surface area contributed by atoms with E-state index in [-0.39, 0.29) is 17.8 Å². The van der Waals surface area contributed by atoms with Crippen LogP contribution >= 0.6 is 0 Å². The van der Waals surface area contributed by atoms with Crippen molar-refractivity contribution >= 4 is 23.5 Å². The van der Waals surface area contributed by atoms with Gasteiger partial charge in [-0.25, -0.2) is 14.4 Å². The normalized spacial score (nSPS) is 21.3. The highest BCUT2D eigenvalue weighted by atomic mass is 19.1. The van der Waals surface area contributed by atoms with Gasteiger partial charge in [-0.2, -0.15) is 4.98 Å². The Morgan fingerprint density at radius 1 is 0.976 bits per heavy atom. The zero-order valence-electron chi connectivity index (χ0n) is 25.1. The number of aromatic nitrogens is 3. The standard InChI is InChI=1S/C32H41FN8O/c1-22-18-25(31(42)38(4)27-11-13-37(3)21-27)20-34-30(22)40-16-14-39(15-17-40)29-19-28(24-7-9-26(33)10-8-24)35-32(36-29)41-12-5-6-23(41)2/h7-10,18-20,23,27H,5-6,11-17,21H2,1-4H3. The minimum absolute atomic E-state index is 0.0334. The number of benzene rings is 1. The number of likely N-dealkylation sites (N-methyl/N-ethyl adjacent to an activating group) is 2. The topological polar surface area (TPSA) is 71.9 Å². The molecule has 2 aromatic heterocycles. The SMILES string of the molecule is Cc1cc(C(=O)N(C)C2CCN(C)C2)cnc1N1CCN(c2cc(-c3ccc(F)cc3)nc(N3CCCC3C)n2)CC1. The lowest BCUT2D eigenvalue weighted by molar-refractivity contribution is 0.0737. The van der Waals surface area contributed by atoms with Crippen LogP contribution in [0.25, 0.3) is 11.3 Å². The zero-order chi connectivity index (χ0) is 29.4. The summed E-state index contributed by atoms with van der Waals surface area (Å²) in [4.78, 5) is 38.9. The monoisotopic (exact) mass is 572 g/mol. The summed E-state index contributed by atoms with van der Waals surface area (Å²) in [6.45, 7) is 10.3. The van der Waals surface area contributed by atoms with Gasteiger partial charge in [0.2, 0.25) is 5.95 Å². The van der Waals surface area contributed by atoms with E-state index in [0.717, 1.165) is 99.5 Å². The van der Waals surface area contributed by atoms with Crippen molar-refractivity contribution in [2.24, 2.45) is 0 Å². The number of rotatable bonds is 6. The predicted octanol–water partition coefficient (Wildman–Crippen LogP) is 4.08. The molecule has 2 atom stereocenters. The summed E-state index contributed by atoms with van der Waals surface area (Å²) in [6, 6.07) is 11.2. The molecule has 3 saturated heterocycles. The van der Waals surface area contributed by atoms with Crippen molar-refractivity contribution in [3.63, 3.8) is 0 Å². The van der Waals surface area contributed by atoms with Crippen molar-refractivity contribution in [1.29, 1.82) is 0 Å². The first-order valence-electron chi connectivity index (χ1n) is 15.1. The highest BCUT2D eigenvalue weighted by Crippen LogP contribution is 2.30. The van der Waals surface area contributed by atoms with Gasteiger partial charge in [-0.3, -0.25) is 4.79 Å². The van der Waals surface area contributed by atoms with E-state index < -0.39 is 0 Å². The summed E-state index contributed by atoms with van der Waals surface area (Å²) < 4.78 is 13.6. The lowest BCUT2D eigenvalue weighted by Crippen LogP contribution is -2.47. The molecule has 10 heteroatoms. The molecule has 9 nitrogen and oxygen atoms in total. The van der Waals surface area contributed by atoms with Gasteiger partial charge in [0.05, 0.1) is 11.3 Å². The fourth-order valence-corrected chi connectivity index (χ4v) is 6.47. The van der Waals surface area contributed by atoms with E-state index in [1.807, 2.05) is 31.0 Å². The van der Waals surface area contributed by atoms with Crippen LogP contribution in [-0.4, -0.2) is 103 Å². The Morgan fingerprint density at radius 3 is 2.36 bits per heavy atom. The van der Waals surface area contributed by atoms with Crippen LogP contribution in [0.4, 0.5) is 22.0 Å². The van der Waals surface area contributed by atoms with Gasteiger partial charge < -0.3 is 24.5 Å². The number of carbonyl (C=O) groups excluding carboxylic acids is 1. The summed E-state index contributed by atoms with van der Waals surface area (Å²) in [5.74, 6) is 2.34. The third-order valence-corrected chi connectivity index (χ3v) is 9.09. The summed E-state index contributed by atoms with van der Waals surface area (Å²) in [5.41, 5.74) is 3.34. The molecule has 5 heterocycles. The second-order valence-electron chi connectivity index (χ2n) is 12.1. The molecule has 222 valence electrons. The van der Waals surface area contributed by atoms with E-state index in [2.05, 4.69) is 33.6 Å². The minimum Gasteiger partial charge on any atom is -0.353 e. The number of anilines is 3. The Hall–Kier alpha value is -3.79. The third kappa shape index (κ3) is 5.77. The number of halogens is 1. The smallest absolute Gasteiger partial charge is 0.255 e. The van der Waals surface area contributed by atoms with E-state index in [1.165, 1.54) is 12.1 Å². The first-order valence-corrected chi connectivity index (χ1v) is 15.1. The third-order valence-electron chi connectivity index (χ3n) is 9.09. The Morgan fingerprint density at radius 2 is 1.71 bits per heavy atom. The lowest BCUT2D eigenvalue weighted by Gasteiger charge is -2.37. The van der Waals surface area contributed by atoms with Crippen LogP contribution in [0.1, 0.15) is 42.1 Å². The number of likely N-dealkylation sites (tertiary alicyclic amines) is 1. The molecular formula is C32H41FN8O. The predicted molar refractivity (Wildman–Crippen MR) is 165 cm³/mol. The summed E-state index contributed by atoms with van der Waals surface area (Å²) in [6.07, 6.45) is 4.99. The maximum absolute atomic E-state index is 13.6. The highest BCUT2D eigenvalue weighted by Gasteiger charge is 2.29. The molecule has 0 bridgehead atoms. The average Bonchev–Trinajstić information content (AvgIpc) is 3.64. The van der Waals surface area contributed by atoms with Crippen molar-refractivity contribution in [1.82, 2.24) is 24.8 Å². The molecule has 2 unspecified atom stereocenters. The number of hydrogen-bond acceptors (Lipinski definition) is 8. The number of pyridine rings is 1. The van der Waals surface area contributed by atoms with Gasteiger partial charge in [0, 0.05) is 76.2 Å². The van der Waals surface area contributed by atoms with E-state index in [4.69, 9.17) is 15.0 Å². The first kappa shape index (κ1) is 28.3. The largest absolute Gasteiger partial charge is 0.353 e. The van der Waals surface area contributed by atoms with Crippen LogP contribution in [0.5, 0.6) is 0 Å². The van der Waals surface area contributed by atoms with Crippen LogP contribution in [0, 0.1) is 12.7 Å². The highest BCUT2D eigenvalue weighted by molar-refractivity contribution is 5.94. The Bertz CT molecular complexity index is 1420. The molecule has 0 saturated carbocycles. The Kier molecular flexibility index (Phi) is 7.98. The van der Waals surface area contributed by atoms with Crippen LogP contribution in [0.3, 0.4) is 0 Å². The summed E-state index contributed by atoms with van der Waals surface area (Å²) in [5, 5.41) is 0. The van der Waals surface area contributed by atoms with E-state index in [0.29, 0.717) is 11.6 Å². The maximum Gasteiger partial charge on any atom is 0.255 e. The quantitative estimate of drug-likeness (QED) is 0.438. The number of aryl methyl sites for hydroxylation is 1. The molecule has 3 fully saturated rings. The summed E-state index contributed by atoms with van der Waals surface area (Å²) in [7, 11) is 4.00. The molecule has 0 aliphatic carbocycles. The van der Waals surface area contributed by atoms with Crippen molar-refractivity contribution in [3.8, 4) is 11.3 Å². The molecule has 0 N–H and O–H groups in total. The van der Waals surface area contributed by atoms with Crippen LogP contribution in [-0.2, 0) is 0 Å². The van der Waals surface area contributed by atoms with Gasteiger partial charge in [-0.05, 0) is 82.6 Å². The fraction of sp³-hybridized carbons (Fsp3) is 0.500. The molecule has 42 heavy (non-hydrogen) atoms. The zero-order valence-corrected chi connectivity index (χ0v) is 25.1. The lowest BCUT2D eigenvalue weighted by atomic mass is 10.1. The minimum atomic E-state index is -0.257. The average molecular weight is 573 g/mol. The number of piperazine rings is 1. The maximum atomic E-state index is 13.6. The van der Waals surface area contributed by atoms with Crippen molar-refractivity contribution < 1.29 is 9.18 Å². The number of carbonyl (C=O) groups is 1. The second kappa shape index (κ2) is 11.8. The Balaban J connectivity index is 1.17. The van der Waals surface area contributed by atoms with Gasteiger partial charge in [0.1, 0.15) is 17.5 Å². The van der Waals surface area contributed by atoms with E-state index in [9.17, 15) is 9.18 Å². The molecule has 3 aliphatic rings. The van der Waals surface area contributed by atoms with Gasteiger partial charge in [-0.1, -0.05) is 0 Å². The molecule has 1 aromatic carbocycles. The van der Waals surface area contributed by atoms with Crippen LogP contribution < -0.4 is 14.7 Å². The van der Waals surface area contributed by atoms with Gasteiger partial charge in [0.15, 0.2) is 0 Å². The molecule has 0 radical (unpaired) electrons.